The van der Waals surface area contributed by atoms with E-state index in [9.17, 15) is 43.5 Å². The Morgan fingerprint density at radius 1 is 0.570 bits per heavy atom. The van der Waals surface area contributed by atoms with Crippen molar-refractivity contribution < 1.29 is 71.9 Å². The Morgan fingerprint density at radius 2 is 1.00 bits per heavy atom. The molecule has 504 valence electrons. The Hall–Kier alpha value is -4.08. The molecule has 2 amide bonds. The topological polar surface area (TPSA) is 224 Å². The molecular weight excluding hydrogens is 1090 g/mol. The Kier molecular flexibility index (Phi) is 29.4. The third-order valence-corrected chi connectivity index (χ3v) is 21.3. The van der Waals surface area contributed by atoms with Crippen LogP contribution in [-0.4, -0.2) is 94.5 Å². The number of cyclic esters (lactones) is 1. The lowest BCUT2D eigenvalue weighted by Crippen LogP contribution is -2.61. The molecule has 8 atom stereocenters. The largest absolute Gasteiger partial charge is 0.463 e. The number of hydrogen-bond donors (Lipinski definition) is 2. The number of imide groups is 1. The van der Waals surface area contributed by atoms with Crippen LogP contribution < -0.4 is 5.32 Å². The fourth-order valence-electron chi connectivity index (χ4n) is 15.4. The molecule has 12 aliphatic rings. The molecule has 0 aromatic heterocycles. The minimum absolute atomic E-state index is 0. The summed E-state index contributed by atoms with van der Waals surface area (Å²) in [4.78, 5) is 95.9. The van der Waals surface area contributed by atoms with Crippen LogP contribution in [0.5, 0.6) is 0 Å². The summed E-state index contributed by atoms with van der Waals surface area (Å²) in [5, 5.41) is 12.9. The van der Waals surface area contributed by atoms with Crippen molar-refractivity contribution in [1.29, 1.82) is 0 Å². The van der Waals surface area contributed by atoms with Crippen LogP contribution in [0.1, 0.15) is 285 Å². The lowest BCUT2D eigenvalue weighted by molar-refractivity contribution is -0.225. The summed E-state index contributed by atoms with van der Waals surface area (Å²) in [7, 11) is 0. The number of esters is 6. The summed E-state index contributed by atoms with van der Waals surface area (Å²) in [5.74, 6) is 0.520. The van der Waals surface area contributed by atoms with Gasteiger partial charge in [0.05, 0.1) is 33.9 Å². The first-order chi connectivity index (χ1) is 36.0. The highest BCUT2D eigenvalue weighted by atomic mass is 16.6. The van der Waals surface area contributed by atoms with Gasteiger partial charge in [-0.05, 0) is 208 Å². The van der Waals surface area contributed by atoms with E-state index in [1.807, 2.05) is 62.3 Å². The SMILES string of the molecule is C.C.C.C.C.C.C.C.CCC(C)(C)C(=O)OC(C)(C)C12CC3CC(CC(C3)C1)C2.CCC(C)(C)C(=O)OC12CC3CC(CC(O)(C3)C1)C2.CCC(C)(C)C(=O)OC1C2CC3C1OC(=O)C3(C(=O)NC(C)=O)C2.CCC(C)(C)C(=O)OC1CCOC1=O. The van der Waals surface area contributed by atoms with Crippen molar-refractivity contribution in [3.05, 3.63) is 0 Å². The summed E-state index contributed by atoms with van der Waals surface area (Å²) in [5.41, 5.74) is -4.18. The van der Waals surface area contributed by atoms with E-state index < -0.39 is 69.3 Å². The van der Waals surface area contributed by atoms with Crippen molar-refractivity contribution in [2.24, 2.45) is 73.9 Å². The van der Waals surface area contributed by atoms with Gasteiger partial charge in [-0.3, -0.25) is 38.9 Å². The van der Waals surface area contributed by atoms with Gasteiger partial charge in [-0.2, -0.15) is 0 Å². The second kappa shape index (κ2) is 30.2. The monoisotopic (exact) mass is 1220 g/mol. The van der Waals surface area contributed by atoms with Gasteiger partial charge in [0.1, 0.15) is 23.4 Å². The van der Waals surface area contributed by atoms with E-state index in [-0.39, 0.29) is 124 Å². The lowest BCUT2D eigenvalue weighted by atomic mass is 9.46. The standard InChI is InChI=1S/C19H32O2.C17H23NO6.C16H26O3.C10H16O4.8CH4/c1-6-17(2,3)16(20)21-18(4,5)19-10-13-7-14(11-19)9-15(8-13)12-19;1-5-16(3,4)14(21)23-11-9-6-10-12(11)24-15(22)17(10,7-9)13(20)18-8(2)19;1-4-14(2,3)13(17)19-16-8-11-5-12(9-16)7-15(18,6-11)10-16;1-4-10(2,3)9(12)14-7-5-6-13-8(7)11;;;;;;;;/h13-15H,6-12H2,1-5H3;9-12H,5-7H2,1-4H3,(H,18,19,20);11-12,18H,4-10H2,1-3H3;7H,4-6H2,1-3H3;8*1H4. The molecule has 2 N–H and O–H groups in total. The van der Waals surface area contributed by atoms with Crippen molar-refractivity contribution >= 4 is 47.6 Å². The number of carbonyl (C=O) groups is 8. The average Bonchev–Trinajstić information content (AvgIpc) is 1.46. The number of amides is 2. The Bertz CT molecular complexity index is 2280. The molecular formula is C70H129NO15. The van der Waals surface area contributed by atoms with Crippen LogP contribution in [0.3, 0.4) is 0 Å². The number of nitrogens with one attached hydrogen (secondary N) is 1. The summed E-state index contributed by atoms with van der Waals surface area (Å²) in [6, 6.07) is 0. The van der Waals surface area contributed by atoms with Crippen LogP contribution >= 0.6 is 0 Å². The molecule has 0 radical (unpaired) electrons. The van der Waals surface area contributed by atoms with Gasteiger partial charge in [-0.1, -0.05) is 87.1 Å². The Balaban J connectivity index is 0. The number of aliphatic hydroxyl groups is 1. The summed E-state index contributed by atoms with van der Waals surface area (Å²) >= 11 is 0. The van der Waals surface area contributed by atoms with Gasteiger partial charge >= 0.3 is 35.8 Å². The number of hydrogen-bond acceptors (Lipinski definition) is 15. The second-order valence-electron chi connectivity index (χ2n) is 29.2. The maximum absolute atomic E-state index is 12.6. The molecule has 16 heteroatoms. The minimum Gasteiger partial charge on any atom is -0.463 e. The van der Waals surface area contributed by atoms with Crippen molar-refractivity contribution in [3.8, 4) is 0 Å². The zero-order valence-corrected chi connectivity index (χ0v) is 50.1. The normalized spacial score (nSPS) is 33.0. The summed E-state index contributed by atoms with van der Waals surface area (Å²) in [6.07, 6.45) is 16.3. The summed E-state index contributed by atoms with van der Waals surface area (Å²) in [6.45, 7) is 29.0. The number of fused-ring (bicyclic) bond motifs is 1. The van der Waals surface area contributed by atoms with E-state index >= 15 is 0 Å². The zero-order chi connectivity index (χ0) is 58.0. The average molecular weight is 1220 g/mol. The van der Waals surface area contributed by atoms with Crippen LogP contribution in [-0.2, 0) is 66.8 Å². The maximum atomic E-state index is 12.6. The number of ether oxygens (including phenoxy) is 6. The van der Waals surface area contributed by atoms with Crippen molar-refractivity contribution in [2.75, 3.05) is 6.61 Å². The first-order valence-electron chi connectivity index (χ1n) is 29.8. The van der Waals surface area contributed by atoms with E-state index in [1.54, 1.807) is 13.8 Å². The van der Waals surface area contributed by atoms with E-state index in [4.69, 9.17) is 28.4 Å². The quantitative estimate of drug-likeness (QED) is 0.0937. The molecule has 12 fully saturated rings. The van der Waals surface area contributed by atoms with Crippen LogP contribution in [0.15, 0.2) is 0 Å². The van der Waals surface area contributed by atoms with Gasteiger partial charge in [-0.25, -0.2) is 4.79 Å². The van der Waals surface area contributed by atoms with Crippen molar-refractivity contribution in [3.63, 3.8) is 0 Å². The molecule has 16 nitrogen and oxygen atoms in total. The smallest absolute Gasteiger partial charge is 0.347 e. The summed E-state index contributed by atoms with van der Waals surface area (Å²) < 4.78 is 33.0. The first kappa shape index (κ1) is 84.0. The molecule has 0 aromatic rings. The molecule has 12 rings (SSSR count). The van der Waals surface area contributed by atoms with Crippen LogP contribution in [0.4, 0.5) is 0 Å². The van der Waals surface area contributed by atoms with E-state index in [1.165, 1.54) is 51.9 Å². The lowest BCUT2D eigenvalue weighted by Gasteiger charge is -2.61. The first-order valence-corrected chi connectivity index (χ1v) is 29.8. The molecule has 0 aromatic carbocycles. The molecule has 0 spiro atoms. The number of rotatable bonds is 14. The molecule has 2 heterocycles. The molecule has 2 saturated heterocycles. The number of carbonyl (C=O) groups excluding carboxylic acids is 8. The van der Waals surface area contributed by atoms with E-state index in [0.717, 1.165) is 56.3 Å². The highest BCUT2D eigenvalue weighted by Gasteiger charge is 2.75. The van der Waals surface area contributed by atoms with Gasteiger partial charge in [-0.15, -0.1) is 0 Å². The Labute approximate surface area is 523 Å². The van der Waals surface area contributed by atoms with Crippen LogP contribution in [0.2, 0.25) is 0 Å². The predicted octanol–water partition coefficient (Wildman–Crippen LogP) is 15.3. The van der Waals surface area contributed by atoms with Gasteiger partial charge in [0.15, 0.2) is 5.41 Å². The highest BCUT2D eigenvalue weighted by molar-refractivity contribution is 6.10. The third kappa shape index (κ3) is 16.6. The van der Waals surface area contributed by atoms with Crippen LogP contribution in [0.25, 0.3) is 0 Å². The molecule has 86 heavy (non-hydrogen) atoms. The van der Waals surface area contributed by atoms with Gasteiger partial charge < -0.3 is 33.5 Å². The fourth-order valence-corrected chi connectivity index (χ4v) is 15.4. The predicted molar refractivity (Wildman–Crippen MR) is 342 cm³/mol. The minimum atomic E-state index is -1.30. The highest BCUT2D eigenvalue weighted by Crippen LogP contribution is 2.65. The second-order valence-corrected chi connectivity index (χ2v) is 29.2. The van der Waals surface area contributed by atoms with Crippen molar-refractivity contribution in [2.45, 2.75) is 320 Å². The molecule has 10 bridgehead atoms. The fraction of sp³-hybridized carbons (Fsp3) is 0.886. The van der Waals surface area contributed by atoms with Gasteiger partial charge in [0.2, 0.25) is 17.9 Å². The Morgan fingerprint density at radius 3 is 1.42 bits per heavy atom. The van der Waals surface area contributed by atoms with Crippen LogP contribution in [0, 0.1) is 73.9 Å². The molecule has 10 aliphatic carbocycles. The van der Waals surface area contributed by atoms with Gasteiger partial charge in [0, 0.05) is 37.0 Å². The molecule has 8 unspecified atom stereocenters. The zero-order valence-electron chi connectivity index (χ0n) is 50.1. The van der Waals surface area contributed by atoms with E-state index in [2.05, 4.69) is 26.1 Å². The third-order valence-electron chi connectivity index (χ3n) is 21.3. The van der Waals surface area contributed by atoms with E-state index in [0.29, 0.717) is 50.5 Å². The maximum Gasteiger partial charge on any atom is 0.347 e. The molecule has 10 saturated carbocycles. The van der Waals surface area contributed by atoms with Crippen molar-refractivity contribution in [1.82, 2.24) is 5.32 Å². The van der Waals surface area contributed by atoms with Gasteiger partial charge in [0.25, 0.3) is 0 Å². The molecule has 2 aliphatic heterocycles.